The highest BCUT2D eigenvalue weighted by Gasteiger charge is 2.61. The summed E-state index contributed by atoms with van der Waals surface area (Å²) in [6, 6.07) is 0. The van der Waals surface area contributed by atoms with Gasteiger partial charge < -0.3 is 19.7 Å². The Labute approximate surface area is 246 Å². The van der Waals surface area contributed by atoms with Crippen molar-refractivity contribution in [3.63, 3.8) is 0 Å². The fourth-order valence-corrected chi connectivity index (χ4v) is 10.2. The molecule has 240 valence electrons. The minimum Gasteiger partial charge on any atom is -0.387 e. The largest absolute Gasteiger partial charge is 0.397 e. The second kappa shape index (κ2) is 11.1. The lowest BCUT2D eigenvalue weighted by Crippen LogP contribution is -2.61. The zero-order valence-corrected chi connectivity index (χ0v) is 25.8. The molecule has 1 heterocycles. The minimum absolute atomic E-state index is 0.0525. The van der Waals surface area contributed by atoms with Gasteiger partial charge >= 0.3 is 20.8 Å². The van der Waals surface area contributed by atoms with Crippen molar-refractivity contribution in [1.29, 1.82) is 0 Å². The van der Waals surface area contributed by atoms with Crippen LogP contribution in [0.1, 0.15) is 72.6 Å². The van der Waals surface area contributed by atoms with Gasteiger partial charge in [0.2, 0.25) is 0 Å². The molecular formula is C27H42O13S2. The van der Waals surface area contributed by atoms with Crippen molar-refractivity contribution in [3.05, 3.63) is 11.6 Å². The van der Waals surface area contributed by atoms with E-state index < -0.39 is 69.1 Å². The lowest BCUT2D eigenvalue weighted by atomic mass is 9.48. The molecule has 1 aliphatic heterocycles. The third-order valence-electron chi connectivity index (χ3n) is 11.0. The van der Waals surface area contributed by atoms with Gasteiger partial charge in [-0.05, 0) is 87.4 Å². The second-order valence-corrected chi connectivity index (χ2v) is 15.5. The number of ketones is 1. The summed E-state index contributed by atoms with van der Waals surface area (Å²) in [7, 11) is -9.64. The average Bonchev–Trinajstić information content (AvgIpc) is 3.22. The van der Waals surface area contributed by atoms with E-state index in [4.69, 9.17) is 18.2 Å². The number of carbonyl (C=O) groups is 1. The van der Waals surface area contributed by atoms with Crippen molar-refractivity contribution in [2.45, 2.75) is 116 Å². The molecule has 1 saturated heterocycles. The molecular weight excluding hydrogens is 596 g/mol. The molecule has 0 aromatic rings. The molecule has 4 aliphatic carbocycles. The molecule has 0 spiro atoms. The van der Waals surface area contributed by atoms with Crippen LogP contribution in [-0.2, 0) is 43.4 Å². The van der Waals surface area contributed by atoms with E-state index in [9.17, 15) is 36.4 Å². The molecule has 0 aromatic carbocycles. The lowest BCUT2D eigenvalue weighted by Gasteiger charge is -2.59. The Balaban J connectivity index is 1.46. The number of Topliss-reactive ketones (excluding diaryl/α,β-unsaturated/α-hetero) is 1. The van der Waals surface area contributed by atoms with Crippen LogP contribution in [0.15, 0.2) is 11.6 Å². The smallest absolute Gasteiger partial charge is 0.387 e. The van der Waals surface area contributed by atoms with E-state index in [0.717, 1.165) is 19.3 Å². The molecule has 0 bridgehead atoms. The van der Waals surface area contributed by atoms with E-state index in [1.807, 2.05) is 0 Å². The van der Waals surface area contributed by atoms with Gasteiger partial charge in [-0.1, -0.05) is 25.5 Å². The Bertz CT molecular complexity index is 1310. The molecule has 0 aromatic heterocycles. The van der Waals surface area contributed by atoms with Crippen LogP contribution in [-0.4, -0.2) is 84.9 Å². The zero-order chi connectivity index (χ0) is 31.0. The third-order valence-corrected chi connectivity index (χ3v) is 12.0. The normalized spacial score (nSPS) is 47.6. The number of aliphatic hydroxyl groups is 2. The summed E-state index contributed by atoms with van der Waals surface area (Å²) < 4.78 is 85.9. The van der Waals surface area contributed by atoms with Crippen LogP contribution in [0.3, 0.4) is 0 Å². The van der Waals surface area contributed by atoms with E-state index >= 15 is 0 Å². The summed E-state index contributed by atoms with van der Waals surface area (Å²) in [6.07, 6.45) is -2.61. The summed E-state index contributed by atoms with van der Waals surface area (Å²) in [5, 5.41) is 21.6. The average molecular weight is 639 g/mol. The monoisotopic (exact) mass is 638 g/mol. The number of carbonyl (C=O) groups excluding carboxylic acids is 1. The first kappa shape index (κ1) is 32.4. The van der Waals surface area contributed by atoms with Crippen molar-refractivity contribution in [3.8, 4) is 0 Å². The van der Waals surface area contributed by atoms with Gasteiger partial charge in [0.1, 0.15) is 24.1 Å². The third kappa shape index (κ3) is 5.86. The van der Waals surface area contributed by atoms with E-state index in [-0.39, 0.29) is 41.3 Å². The zero-order valence-electron chi connectivity index (χ0n) is 24.2. The van der Waals surface area contributed by atoms with Gasteiger partial charge in [-0.3, -0.25) is 13.9 Å². The standard InChI is InChI=1S/C27H42O13S2/c1-13(28)17-5-6-18-16-12-21(38-25-23(30)22(29)24(14(2)37-25)40-42(34,35)36)20-11-15(39-41(31,32)33)7-9-27(20,4)19(16)8-10-26(17,18)3/h8,14-18,20-25,29-30H,5-7,9-12H2,1-4H3,(H,31,32,33)(H,34,35,36)/t14?,15?,16?,17?,18?,20?,21-,22?,23?,24?,25?,26?,27?/m0/s1. The van der Waals surface area contributed by atoms with Crippen molar-refractivity contribution in [1.82, 2.24) is 0 Å². The Morgan fingerprint density at radius 2 is 1.64 bits per heavy atom. The number of hydrogen-bond acceptors (Lipinski definition) is 11. The van der Waals surface area contributed by atoms with Gasteiger partial charge in [-0.15, -0.1) is 0 Å². The van der Waals surface area contributed by atoms with Crippen molar-refractivity contribution >= 4 is 26.6 Å². The molecule has 3 saturated carbocycles. The van der Waals surface area contributed by atoms with Gasteiger partial charge in [0, 0.05) is 5.92 Å². The molecule has 13 nitrogen and oxygen atoms in total. The molecule has 0 radical (unpaired) electrons. The van der Waals surface area contributed by atoms with E-state index in [0.29, 0.717) is 19.3 Å². The molecule has 4 N–H and O–H groups in total. The molecule has 0 amide bonds. The predicted molar refractivity (Wildman–Crippen MR) is 145 cm³/mol. The van der Waals surface area contributed by atoms with E-state index in [2.05, 4.69) is 24.1 Å². The van der Waals surface area contributed by atoms with Crippen LogP contribution in [0.2, 0.25) is 0 Å². The quantitative estimate of drug-likeness (QED) is 0.233. The second-order valence-electron chi connectivity index (χ2n) is 13.4. The van der Waals surface area contributed by atoms with Gasteiger partial charge in [0.05, 0.1) is 18.3 Å². The van der Waals surface area contributed by atoms with Crippen molar-refractivity contribution in [2.75, 3.05) is 0 Å². The SMILES string of the molecule is CC(=O)C1CCC2C3C[C@H](OC4OC(C)C(OS(=O)(=O)O)C(O)C4O)C4CC(OS(=O)(=O)O)CCC4(C)C3=CCC12C. The van der Waals surface area contributed by atoms with Crippen LogP contribution >= 0.6 is 0 Å². The van der Waals surface area contributed by atoms with Crippen LogP contribution < -0.4 is 0 Å². The Hall–Kier alpha value is -1.01. The summed E-state index contributed by atoms with van der Waals surface area (Å²) in [5.74, 6) is 0.0671. The highest BCUT2D eigenvalue weighted by atomic mass is 32.3. The van der Waals surface area contributed by atoms with Gasteiger partial charge in [-0.25, -0.2) is 8.37 Å². The Kier molecular flexibility index (Phi) is 8.56. The summed E-state index contributed by atoms with van der Waals surface area (Å²) in [4.78, 5) is 12.6. The number of fused-ring (bicyclic) bond motifs is 5. The molecule has 4 fully saturated rings. The molecule has 15 heteroatoms. The van der Waals surface area contributed by atoms with Gasteiger partial charge in [0.25, 0.3) is 0 Å². The summed E-state index contributed by atoms with van der Waals surface area (Å²) >= 11 is 0. The Morgan fingerprint density at radius 3 is 2.26 bits per heavy atom. The number of allylic oxidation sites excluding steroid dienone is 2. The number of rotatable bonds is 7. The van der Waals surface area contributed by atoms with Crippen LogP contribution in [0.25, 0.3) is 0 Å². The van der Waals surface area contributed by atoms with Crippen LogP contribution in [0.4, 0.5) is 0 Å². The summed E-state index contributed by atoms with van der Waals surface area (Å²) in [5.41, 5.74) is 0.595. The van der Waals surface area contributed by atoms with Crippen LogP contribution in [0.5, 0.6) is 0 Å². The lowest BCUT2D eigenvalue weighted by molar-refractivity contribution is -0.312. The minimum atomic E-state index is -4.95. The molecule has 5 rings (SSSR count). The maximum atomic E-state index is 12.6. The fourth-order valence-electron chi connectivity index (χ4n) is 9.15. The molecule has 5 aliphatic rings. The predicted octanol–water partition coefficient (Wildman–Crippen LogP) is 1.99. The molecule has 42 heavy (non-hydrogen) atoms. The highest BCUT2D eigenvalue weighted by Crippen LogP contribution is 2.66. The maximum Gasteiger partial charge on any atom is 0.397 e. The topological polar surface area (TPSA) is 203 Å². The van der Waals surface area contributed by atoms with E-state index in [1.165, 1.54) is 12.5 Å². The first-order valence-corrected chi connectivity index (χ1v) is 17.3. The fraction of sp³-hybridized carbons (Fsp3) is 0.889. The maximum absolute atomic E-state index is 12.6. The number of ether oxygens (including phenoxy) is 2. The summed E-state index contributed by atoms with van der Waals surface area (Å²) in [6.45, 7) is 7.34. The molecule has 13 atom stereocenters. The number of hydrogen-bond donors (Lipinski definition) is 4. The first-order chi connectivity index (χ1) is 19.3. The first-order valence-electron chi connectivity index (χ1n) is 14.5. The van der Waals surface area contributed by atoms with E-state index in [1.54, 1.807) is 6.92 Å². The van der Waals surface area contributed by atoms with Crippen molar-refractivity contribution in [2.24, 2.45) is 34.5 Å². The van der Waals surface area contributed by atoms with Gasteiger partial charge in [0.15, 0.2) is 6.29 Å². The highest BCUT2D eigenvalue weighted by molar-refractivity contribution is 7.81. The Morgan fingerprint density at radius 1 is 0.976 bits per heavy atom. The van der Waals surface area contributed by atoms with Gasteiger partial charge in [-0.2, -0.15) is 16.8 Å². The number of aliphatic hydroxyl groups excluding tert-OH is 2. The molecule has 12 unspecified atom stereocenters. The van der Waals surface area contributed by atoms with Crippen LogP contribution in [0, 0.1) is 34.5 Å². The van der Waals surface area contributed by atoms with Crippen molar-refractivity contribution < 1.29 is 58.8 Å².